The molecule has 32 heavy (non-hydrogen) atoms. The van der Waals surface area contributed by atoms with Crippen LogP contribution in [0.4, 0.5) is 11.4 Å². The largest absolute Gasteiger partial charge is 0.372 e. The van der Waals surface area contributed by atoms with Gasteiger partial charge < -0.3 is 14.8 Å². The number of anilines is 2. The smallest absolute Gasteiger partial charge is 0.237 e. The minimum Gasteiger partial charge on any atom is -0.372 e. The van der Waals surface area contributed by atoms with E-state index in [0.717, 1.165) is 53.3 Å². The highest BCUT2D eigenvalue weighted by Crippen LogP contribution is 2.29. The van der Waals surface area contributed by atoms with E-state index in [1.165, 1.54) is 17.4 Å². The van der Waals surface area contributed by atoms with Crippen LogP contribution in [0.15, 0.2) is 29.4 Å². The second-order valence-corrected chi connectivity index (χ2v) is 9.00. The van der Waals surface area contributed by atoms with Gasteiger partial charge in [0, 0.05) is 37.9 Å². The van der Waals surface area contributed by atoms with Crippen molar-refractivity contribution in [3.05, 3.63) is 35.7 Å². The lowest BCUT2D eigenvalue weighted by Gasteiger charge is -2.21. The Labute approximate surface area is 194 Å². The van der Waals surface area contributed by atoms with Gasteiger partial charge in [-0.15, -0.1) is 10.2 Å². The van der Waals surface area contributed by atoms with Gasteiger partial charge >= 0.3 is 0 Å². The number of thioether (sulfide) groups is 1. The van der Waals surface area contributed by atoms with Gasteiger partial charge in [-0.05, 0) is 65.8 Å². The summed E-state index contributed by atoms with van der Waals surface area (Å²) in [4.78, 5) is 15.1. The zero-order valence-electron chi connectivity index (χ0n) is 20.0. The van der Waals surface area contributed by atoms with E-state index in [0.29, 0.717) is 0 Å². The summed E-state index contributed by atoms with van der Waals surface area (Å²) in [6, 6.07) is 8.42. The monoisotopic (exact) mass is 455 g/mol. The number of aryl methyl sites for hydroxylation is 2. The zero-order chi connectivity index (χ0) is 23.4. The van der Waals surface area contributed by atoms with Crippen molar-refractivity contribution in [2.75, 3.05) is 23.3 Å². The molecule has 3 rings (SSSR count). The number of benzene rings is 1. The molecule has 0 bridgehead atoms. The molecule has 0 aliphatic carbocycles. The number of rotatable bonds is 9. The fourth-order valence-corrected chi connectivity index (χ4v) is 4.59. The third-order valence-corrected chi connectivity index (χ3v) is 6.78. The molecule has 0 saturated heterocycles. The van der Waals surface area contributed by atoms with Crippen molar-refractivity contribution in [3.8, 4) is 11.4 Å². The topological polar surface area (TPSA) is 80.9 Å². The van der Waals surface area contributed by atoms with Gasteiger partial charge in [-0.1, -0.05) is 11.8 Å². The zero-order valence-corrected chi connectivity index (χ0v) is 20.8. The van der Waals surface area contributed by atoms with Crippen LogP contribution in [0.3, 0.4) is 0 Å². The molecule has 8 nitrogen and oxygen atoms in total. The van der Waals surface area contributed by atoms with E-state index < -0.39 is 0 Å². The van der Waals surface area contributed by atoms with Crippen molar-refractivity contribution in [3.63, 3.8) is 0 Å². The van der Waals surface area contributed by atoms with E-state index in [2.05, 4.69) is 75.1 Å². The summed E-state index contributed by atoms with van der Waals surface area (Å²) >= 11 is 1.41. The maximum atomic E-state index is 12.8. The van der Waals surface area contributed by atoms with Crippen LogP contribution in [0.5, 0.6) is 0 Å². The highest BCUT2D eigenvalue weighted by molar-refractivity contribution is 8.00. The summed E-state index contributed by atoms with van der Waals surface area (Å²) in [6.45, 7) is 14.8. The van der Waals surface area contributed by atoms with Gasteiger partial charge in [0.25, 0.3) is 0 Å². The van der Waals surface area contributed by atoms with Crippen molar-refractivity contribution in [1.82, 2.24) is 24.5 Å². The predicted molar refractivity (Wildman–Crippen MR) is 131 cm³/mol. The summed E-state index contributed by atoms with van der Waals surface area (Å²) in [5, 5.41) is 16.6. The van der Waals surface area contributed by atoms with Gasteiger partial charge in [-0.2, -0.15) is 5.10 Å². The average Bonchev–Trinajstić information content (AvgIpc) is 3.30. The van der Waals surface area contributed by atoms with Crippen LogP contribution in [-0.4, -0.2) is 48.8 Å². The number of carbonyl (C=O) groups excluding carboxylic acids is 1. The second-order valence-electron chi connectivity index (χ2n) is 7.69. The van der Waals surface area contributed by atoms with Gasteiger partial charge in [0.2, 0.25) is 5.91 Å². The van der Waals surface area contributed by atoms with Gasteiger partial charge in [-0.25, -0.2) is 0 Å². The Hall–Kier alpha value is -2.81. The van der Waals surface area contributed by atoms with Gasteiger partial charge in [-0.3, -0.25) is 9.48 Å². The third kappa shape index (κ3) is 4.82. The van der Waals surface area contributed by atoms with E-state index in [-0.39, 0.29) is 11.2 Å². The minimum atomic E-state index is -0.332. The maximum Gasteiger partial charge on any atom is 0.237 e. The molecule has 1 amide bonds. The van der Waals surface area contributed by atoms with Crippen LogP contribution in [0.25, 0.3) is 11.4 Å². The Kier molecular flexibility index (Phi) is 7.60. The second kappa shape index (κ2) is 10.2. The molecule has 172 valence electrons. The minimum absolute atomic E-state index is 0.0787. The molecular formula is C23H33N7OS. The molecule has 1 aromatic carbocycles. The Morgan fingerprint density at radius 2 is 1.78 bits per heavy atom. The summed E-state index contributed by atoms with van der Waals surface area (Å²) in [6.07, 6.45) is 0. The molecule has 1 atom stereocenters. The number of aromatic nitrogens is 5. The molecule has 0 spiro atoms. The Bertz CT molecular complexity index is 1070. The molecule has 2 aromatic heterocycles. The van der Waals surface area contributed by atoms with Crippen LogP contribution >= 0.6 is 11.8 Å². The van der Waals surface area contributed by atoms with Crippen molar-refractivity contribution >= 4 is 29.0 Å². The summed E-state index contributed by atoms with van der Waals surface area (Å²) in [5.74, 6) is 0.734. The first-order valence-electron chi connectivity index (χ1n) is 11.1. The fraction of sp³-hybridized carbons (Fsp3) is 0.478. The number of nitrogens with zero attached hydrogens (tertiary/aromatic N) is 6. The lowest BCUT2D eigenvalue weighted by molar-refractivity contribution is -0.115. The maximum absolute atomic E-state index is 12.8. The number of carbonyl (C=O) groups is 1. The van der Waals surface area contributed by atoms with E-state index in [9.17, 15) is 4.79 Å². The molecule has 0 radical (unpaired) electrons. The molecular weight excluding hydrogens is 422 g/mol. The van der Waals surface area contributed by atoms with Gasteiger partial charge in [0.05, 0.1) is 22.3 Å². The molecule has 1 N–H and O–H groups in total. The summed E-state index contributed by atoms with van der Waals surface area (Å²) < 4.78 is 3.83. The Morgan fingerprint density at radius 3 is 2.31 bits per heavy atom. The summed E-state index contributed by atoms with van der Waals surface area (Å²) in [7, 11) is 1.87. The molecule has 1 unspecified atom stereocenters. The van der Waals surface area contributed by atoms with Gasteiger partial charge in [0.1, 0.15) is 0 Å². The quantitative estimate of drug-likeness (QED) is 0.485. The molecule has 9 heteroatoms. The van der Waals surface area contributed by atoms with Crippen LogP contribution in [-0.2, 0) is 18.4 Å². The third-order valence-electron chi connectivity index (χ3n) is 5.70. The predicted octanol–water partition coefficient (Wildman–Crippen LogP) is 4.28. The van der Waals surface area contributed by atoms with Gasteiger partial charge in [0.15, 0.2) is 11.0 Å². The number of hydrogen-bond donors (Lipinski definition) is 1. The molecule has 0 aliphatic rings. The normalized spacial score (nSPS) is 12.1. The average molecular weight is 456 g/mol. The molecule has 0 aliphatic heterocycles. The number of amides is 1. The van der Waals surface area contributed by atoms with E-state index in [1.807, 2.05) is 27.8 Å². The van der Waals surface area contributed by atoms with Crippen LogP contribution in [0, 0.1) is 13.8 Å². The van der Waals surface area contributed by atoms with E-state index >= 15 is 0 Å². The van der Waals surface area contributed by atoms with Crippen LogP contribution < -0.4 is 10.2 Å². The SMILES string of the molecule is CCN(CC)c1ccc(-c2nnc(SC(C)C(=O)Nc3c(C)nn(C)c3C)n2CC)cc1. The molecule has 0 fully saturated rings. The van der Waals surface area contributed by atoms with Crippen molar-refractivity contribution in [2.45, 2.75) is 58.5 Å². The molecule has 0 saturated carbocycles. The summed E-state index contributed by atoms with van der Waals surface area (Å²) in [5.41, 5.74) is 4.72. The standard InChI is InChI=1S/C23H33N7OS/c1-8-29(9-2)19-13-11-18(12-14-19)21-25-26-23(30(21)10-3)32-17(6)22(31)24-20-15(4)27-28(7)16(20)5/h11-14,17H,8-10H2,1-7H3,(H,24,31). The van der Waals surface area contributed by atoms with Crippen molar-refractivity contribution in [1.29, 1.82) is 0 Å². The molecule has 3 aromatic rings. The first-order valence-corrected chi connectivity index (χ1v) is 11.9. The number of hydrogen-bond acceptors (Lipinski definition) is 6. The highest BCUT2D eigenvalue weighted by Gasteiger charge is 2.22. The fourth-order valence-electron chi connectivity index (χ4n) is 3.68. The lowest BCUT2D eigenvalue weighted by Crippen LogP contribution is -2.23. The van der Waals surface area contributed by atoms with E-state index in [1.54, 1.807) is 4.68 Å². The lowest BCUT2D eigenvalue weighted by atomic mass is 10.2. The highest BCUT2D eigenvalue weighted by atomic mass is 32.2. The van der Waals surface area contributed by atoms with E-state index in [4.69, 9.17) is 0 Å². The molecule has 2 heterocycles. The number of nitrogens with one attached hydrogen (secondary N) is 1. The first kappa shape index (κ1) is 23.8. The Morgan fingerprint density at radius 1 is 1.12 bits per heavy atom. The Balaban J connectivity index is 1.76. The first-order chi connectivity index (χ1) is 15.3. The van der Waals surface area contributed by atoms with Crippen molar-refractivity contribution < 1.29 is 4.79 Å². The van der Waals surface area contributed by atoms with Crippen LogP contribution in [0.2, 0.25) is 0 Å². The van der Waals surface area contributed by atoms with Crippen molar-refractivity contribution in [2.24, 2.45) is 7.05 Å². The van der Waals surface area contributed by atoms with Crippen LogP contribution in [0.1, 0.15) is 39.1 Å².